The van der Waals surface area contributed by atoms with Gasteiger partial charge in [0.15, 0.2) is 6.20 Å². The fourth-order valence-corrected chi connectivity index (χ4v) is 0.649. The van der Waals surface area contributed by atoms with Crippen molar-refractivity contribution in [1.29, 1.82) is 0 Å². The molecule has 52 valence electrons. The van der Waals surface area contributed by atoms with Crippen LogP contribution in [0.15, 0.2) is 18.3 Å². The van der Waals surface area contributed by atoms with Crippen LogP contribution in [-0.4, -0.2) is 0 Å². The third-order valence-electron chi connectivity index (χ3n) is 0.759. The summed E-state index contributed by atoms with van der Waals surface area (Å²) in [6.45, 7) is 0. The number of hydrogen-bond acceptors (Lipinski definition) is 0. The van der Waals surface area contributed by atoms with E-state index >= 15 is 0 Å². The Balaban J connectivity index is -0.000000213. The van der Waals surface area contributed by atoms with E-state index in [4.69, 9.17) is 23.2 Å². The molecule has 10 heavy (non-hydrogen) atoms. The van der Waals surface area contributed by atoms with Gasteiger partial charge in [-0.1, -0.05) is 11.6 Å². The predicted octanol–water partition coefficient (Wildman–Crippen LogP) is -4.07. The standard InChI is InChI=1S/C5H3Cl2N.ClH.Na.H/c6-4-2-1-3-8-5(4)7;;;/h1-3H;1H;;/q;;+1;-1. The molecule has 1 rings (SSSR count). The van der Waals surface area contributed by atoms with Gasteiger partial charge in [-0.05, 0) is 17.7 Å². The van der Waals surface area contributed by atoms with Crippen molar-refractivity contribution in [3.05, 3.63) is 28.5 Å². The van der Waals surface area contributed by atoms with E-state index in [2.05, 4.69) is 4.98 Å². The first-order valence-electron chi connectivity index (χ1n) is 2.12. The number of hydrogen-bond donors (Lipinski definition) is 0. The van der Waals surface area contributed by atoms with Crippen molar-refractivity contribution >= 4 is 23.2 Å². The molecule has 0 amide bonds. The average molecular weight is 208 g/mol. The summed E-state index contributed by atoms with van der Waals surface area (Å²) in [6, 6.07) is 3.51. The molecule has 5 heteroatoms. The number of aromatic nitrogens is 1. The molecule has 0 saturated carbocycles. The van der Waals surface area contributed by atoms with Crippen molar-refractivity contribution in [2.75, 3.05) is 0 Å². The molecule has 0 aliphatic heterocycles. The normalized spacial score (nSPS) is 7.40. The van der Waals surface area contributed by atoms with E-state index < -0.39 is 0 Å². The number of halogens is 3. The molecule has 1 aromatic heterocycles. The van der Waals surface area contributed by atoms with E-state index in [1.54, 1.807) is 18.3 Å². The molecule has 1 nitrogen and oxygen atoms in total. The van der Waals surface area contributed by atoms with Gasteiger partial charge in [-0.2, -0.15) is 0 Å². The molecule has 0 bridgehead atoms. The van der Waals surface area contributed by atoms with Gasteiger partial charge in [0.1, 0.15) is 5.02 Å². The third kappa shape index (κ3) is 4.02. The van der Waals surface area contributed by atoms with Gasteiger partial charge >= 0.3 is 29.6 Å². The molecule has 0 spiro atoms. The molecule has 0 aromatic carbocycles. The van der Waals surface area contributed by atoms with Gasteiger partial charge in [0.05, 0.1) is 0 Å². The van der Waals surface area contributed by atoms with E-state index in [-0.39, 0.29) is 43.4 Å². The molecule has 0 aliphatic rings. The van der Waals surface area contributed by atoms with Crippen LogP contribution in [0.3, 0.4) is 0 Å². The molecule has 0 saturated heterocycles. The van der Waals surface area contributed by atoms with E-state index in [0.29, 0.717) is 10.2 Å². The zero-order valence-corrected chi connectivity index (χ0v) is 9.63. The van der Waals surface area contributed by atoms with E-state index in [9.17, 15) is 0 Å². The quantitative estimate of drug-likeness (QED) is 0.304. The van der Waals surface area contributed by atoms with E-state index in [1.807, 2.05) is 0 Å². The second-order valence-electron chi connectivity index (χ2n) is 1.33. The van der Waals surface area contributed by atoms with Crippen LogP contribution in [0, 0.1) is 0 Å². The van der Waals surface area contributed by atoms with Gasteiger partial charge < -0.3 is 13.8 Å². The van der Waals surface area contributed by atoms with E-state index in [1.165, 1.54) is 0 Å². The summed E-state index contributed by atoms with van der Waals surface area (Å²) in [5.41, 5.74) is 0. The van der Waals surface area contributed by atoms with Crippen molar-refractivity contribution in [3.8, 4) is 0 Å². The first-order chi connectivity index (χ1) is 3.80. The first-order valence-corrected chi connectivity index (χ1v) is 2.88. The Morgan fingerprint density at radius 1 is 1.40 bits per heavy atom. The summed E-state index contributed by atoms with van der Waals surface area (Å²) in [4.78, 5) is 2.73. The number of rotatable bonds is 0. The van der Waals surface area contributed by atoms with Crippen molar-refractivity contribution < 1.29 is 48.4 Å². The molecule has 0 unspecified atom stereocenters. The predicted molar refractivity (Wildman–Crippen MR) is 34.1 cm³/mol. The molecule has 0 aliphatic carbocycles. The number of aromatic amines is 1. The van der Waals surface area contributed by atoms with Crippen LogP contribution in [0.5, 0.6) is 0 Å². The zero-order valence-electron chi connectivity index (χ0n) is 6.37. The summed E-state index contributed by atoms with van der Waals surface area (Å²) in [5.74, 6) is 0. The van der Waals surface area contributed by atoms with Crippen LogP contribution < -0.4 is 46.9 Å². The Labute approximate surface area is 99.3 Å². The Bertz CT molecular complexity index is 178. The number of pyridine rings is 1. The molecule has 1 heterocycles. The molecule has 0 atom stereocenters. The smallest absolute Gasteiger partial charge is 1.00 e. The Hall–Kier alpha value is 1.02. The molecule has 1 aromatic rings. The van der Waals surface area contributed by atoms with Gasteiger partial charge in [0.2, 0.25) is 0 Å². The van der Waals surface area contributed by atoms with Crippen LogP contribution in [0.4, 0.5) is 0 Å². The molecular weight excluding hydrogens is 203 g/mol. The van der Waals surface area contributed by atoms with Gasteiger partial charge in [0.25, 0.3) is 5.15 Å². The maximum absolute atomic E-state index is 5.55. The summed E-state index contributed by atoms with van der Waals surface area (Å²) in [7, 11) is 0. The summed E-state index contributed by atoms with van der Waals surface area (Å²) in [5, 5.41) is 1.03. The number of H-pyrrole nitrogens is 1. The van der Waals surface area contributed by atoms with E-state index in [0.717, 1.165) is 0 Å². The summed E-state index contributed by atoms with van der Waals surface area (Å²) < 4.78 is 0. The Morgan fingerprint density at radius 2 is 2.00 bits per heavy atom. The van der Waals surface area contributed by atoms with Crippen molar-refractivity contribution in [1.82, 2.24) is 0 Å². The fraction of sp³-hybridized carbons (Fsp3) is 0. The van der Waals surface area contributed by atoms with Crippen LogP contribution in [0.1, 0.15) is 1.43 Å². The average Bonchev–Trinajstić information content (AvgIpc) is 1.77. The van der Waals surface area contributed by atoms with Crippen molar-refractivity contribution in [2.45, 2.75) is 0 Å². The first kappa shape index (κ1) is 13.6. The van der Waals surface area contributed by atoms with Gasteiger partial charge in [0, 0.05) is 6.07 Å². The topological polar surface area (TPSA) is 14.1 Å². The minimum atomic E-state index is 0. The van der Waals surface area contributed by atoms with Crippen LogP contribution in [0.2, 0.25) is 10.2 Å². The minimum Gasteiger partial charge on any atom is -1.00 e. The zero-order chi connectivity index (χ0) is 5.98. The molecule has 0 fully saturated rings. The second kappa shape index (κ2) is 6.71. The van der Waals surface area contributed by atoms with Crippen LogP contribution in [0.25, 0.3) is 0 Å². The maximum atomic E-state index is 5.55. The fourth-order valence-electron chi connectivity index (χ4n) is 0.396. The molecular formula is C5H5Cl3NNa. The monoisotopic (exact) mass is 207 g/mol. The Morgan fingerprint density at radius 3 is 2.30 bits per heavy atom. The minimum absolute atomic E-state index is 0. The van der Waals surface area contributed by atoms with Crippen molar-refractivity contribution in [2.24, 2.45) is 0 Å². The van der Waals surface area contributed by atoms with Crippen LogP contribution in [-0.2, 0) is 0 Å². The van der Waals surface area contributed by atoms with Crippen molar-refractivity contribution in [3.63, 3.8) is 0 Å². The van der Waals surface area contributed by atoms with Gasteiger partial charge in [-0.25, -0.2) is 4.98 Å². The molecule has 1 N–H and O–H groups in total. The second-order valence-corrected chi connectivity index (χ2v) is 2.12. The van der Waals surface area contributed by atoms with Gasteiger partial charge in [-0.3, -0.25) is 0 Å². The summed E-state index contributed by atoms with van der Waals surface area (Å²) in [6.07, 6.45) is 1.72. The maximum Gasteiger partial charge on any atom is 1.00 e. The molecule has 0 radical (unpaired) electrons. The number of nitrogens with one attached hydrogen (secondary N) is 1. The summed E-state index contributed by atoms with van der Waals surface area (Å²) >= 11 is 11.1. The van der Waals surface area contributed by atoms with Gasteiger partial charge in [-0.15, -0.1) is 0 Å². The Kier molecular flexibility index (Phi) is 9.13. The SMILES string of the molecule is Clc1ccc[nH+]c1Cl.[Cl-].[H-].[Na+]. The largest absolute Gasteiger partial charge is 1.00 e. The van der Waals surface area contributed by atoms with Crippen LogP contribution >= 0.6 is 23.2 Å². The third-order valence-corrected chi connectivity index (χ3v) is 1.48.